The molecule has 0 amide bonds. The van der Waals surface area contributed by atoms with E-state index < -0.39 is 8.25 Å². The van der Waals surface area contributed by atoms with Gasteiger partial charge in [-0.3, -0.25) is 9.36 Å². The smallest absolute Gasteiger partial charge is 0.317 e. The van der Waals surface area contributed by atoms with Gasteiger partial charge in [-0.25, -0.2) is 0 Å². The van der Waals surface area contributed by atoms with E-state index >= 15 is 0 Å². The second-order valence-corrected chi connectivity index (χ2v) is 2.66. The molecule has 0 aliphatic carbocycles. The zero-order valence-corrected chi connectivity index (χ0v) is 6.79. The summed E-state index contributed by atoms with van der Waals surface area (Å²) in [6, 6.07) is 0. The second kappa shape index (κ2) is 5.59. The minimum Gasteiger partial charge on any atom is -0.326 e. The van der Waals surface area contributed by atoms with E-state index in [4.69, 9.17) is 4.89 Å². The molecule has 0 heterocycles. The lowest BCUT2D eigenvalue weighted by molar-refractivity contribution is -0.121. The van der Waals surface area contributed by atoms with Gasteiger partial charge in [0.1, 0.15) is 6.61 Å². The number of ketones is 1. The average molecular weight is 166 g/mol. The van der Waals surface area contributed by atoms with Crippen LogP contribution in [0.3, 0.4) is 0 Å². The van der Waals surface area contributed by atoms with Crippen molar-refractivity contribution in [3.05, 3.63) is 0 Å². The molecule has 0 saturated heterocycles. The van der Waals surface area contributed by atoms with Gasteiger partial charge in [-0.05, 0) is 6.42 Å². The van der Waals surface area contributed by atoms with Crippen LogP contribution < -0.4 is 0 Å². The van der Waals surface area contributed by atoms with E-state index in [2.05, 4.69) is 4.52 Å². The number of carbonyl (C=O) groups is 1. The fourth-order valence-electron chi connectivity index (χ4n) is 0.493. The fourth-order valence-corrected chi connectivity index (χ4v) is 0.778. The van der Waals surface area contributed by atoms with E-state index in [1.807, 2.05) is 6.92 Å². The van der Waals surface area contributed by atoms with E-state index in [0.29, 0.717) is 6.42 Å². The summed E-state index contributed by atoms with van der Waals surface area (Å²) < 4.78 is 14.1. The maximum atomic E-state index is 10.6. The molecule has 0 aliphatic heterocycles. The summed E-state index contributed by atoms with van der Waals surface area (Å²) in [7, 11) is -2.92. The third kappa shape index (κ3) is 5.95. The zero-order chi connectivity index (χ0) is 7.98. The van der Waals surface area contributed by atoms with Gasteiger partial charge in [0, 0.05) is 6.42 Å². The Kier molecular flexibility index (Phi) is 5.49. The predicted octanol–water partition coefficient (Wildman–Crippen LogP) is 0.754. The first kappa shape index (κ1) is 9.82. The molecule has 0 aromatic carbocycles. The van der Waals surface area contributed by atoms with Crippen LogP contribution >= 0.6 is 8.25 Å². The van der Waals surface area contributed by atoms with Crippen molar-refractivity contribution in [1.29, 1.82) is 0 Å². The second-order valence-electron chi connectivity index (χ2n) is 1.84. The number of rotatable bonds is 5. The number of carbonyl (C=O) groups excluding carboxylic acids is 1. The maximum absolute atomic E-state index is 10.6. The first-order chi connectivity index (χ1) is 4.66. The lowest BCUT2D eigenvalue weighted by Crippen LogP contribution is -2.03. The molecular formula is C5H11O4P. The molecule has 0 aliphatic rings. The van der Waals surface area contributed by atoms with Crippen molar-refractivity contribution in [3.63, 3.8) is 0 Å². The van der Waals surface area contributed by atoms with Crippen LogP contribution in [0, 0.1) is 0 Å². The summed E-state index contributed by atoms with van der Waals surface area (Å²) in [6.07, 6.45) is 1.16. The Morgan fingerprint density at radius 1 is 1.70 bits per heavy atom. The van der Waals surface area contributed by atoms with Crippen LogP contribution in [0.5, 0.6) is 0 Å². The minimum absolute atomic E-state index is 0.130. The van der Waals surface area contributed by atoms with Crippen LogP contribution in [0.2, 0.25) is 0 Å². The van der Waals surface area contributed by atoms with Crippen LogP contribution in [0.1, 0.15) is 19.8 Å². The van der Waals surface area contributed by atoms with E-state index in [9.17, 15) is 9.36 Å². The van der Waals surface area contributed by atoms with Crippen molar-refractivity contribution < 1.29 is 18.8 Å². The molecule has 0 aromatic heterocycles. The molecule has 0 aromatic rings. The molecule has 0 saturated carbocycles. The normalized spacial score (nSPS) is 13.0. The van der Waals surface area contributed by atoms with Crippen LogP contribution in [0.25, 0.3) is 0 Å². The largest absolute Gasteiger partial charge is 0.326 e. The van der Waals surface area contributed by atoms with Crippen molar-refractivity contribution in [1.82, 2.24) is 0 Å². The van der Waals surface area contributed by atoms with E-state index in [0.717, 1.165) is 6.42 Å². The minimum atomic E-state index is -2.92. The molecule has 1 N–H and O–H groups in total. The topological polar surface area (TPSA) is 63.6 Å². The number of hydrogen-bond acceptors (Lipinski definition) is 3. The molecule has 5 heteroatoms. The van der Waals surface area contributed by atoms with E-state index in [1.54, 1.807) is 0 Å². The molecule has 0 bridgehead atoms. The van der Waals surface area contributed by atoms with Crippen LogP contribution in [0.15, 0.2) is 0 Å². The average Bonchev–Trinajstić information content (AvgIpc) is 1.85. The molecule has 10 heavy (non-hydrogen) atoms. The van der Waals surface area contributed by atoms with E-state index in [1.165, 1.54) is 0 Å². The molecule has 0 radical (unpaired) electrons. The SMILES string of the molecule is CCCC(=O)CO[PH](=O)O. The van der Waals surface area contributed by atoms with Gasteiger partial charge < -0.3 is 9.42 Å². The van der Waals surface area contributed by atoms with Crippen molar-refractivity contribution in [3.8, 4) is 0 Å². The van der Waals surface area contributed by atoms with Gasteiger partial charge in [0.15, 0.2) is 5.78 Å². The Labute approximate surface area is 60.1 Å². The highest BCUT2D eigenvalue weighted by molar-refractivity contribution is 7.32. The monoisotopic (exact) mass is 166 g/mol. The highest BCUT2D eigenvalue weighted by atomic mass is 31.1. The molecule has 4 nitrogen and oxygen atoms in total. The Bertz CT molecular complexity index is 134. The maximum Gasteiger partial charge on any atom is 0.317 e. The van der Waals surface area contributed by atoms with Gasteiger partial charge in [0.2, 0.25) is 0 Å². The lowest BCUT2D eigenvalue weighted by atomic mass is 10.2. The fraction of sp³-hybridized carbons (Fsp3) is 0.800. The molecule has 0 spiro atoms. The number of hydrogen-bond donors (Lipinski definition) is 1. The third-order valence-corrected chi connectivity index (χ3v) is 1.28. The Morgan fingerprint density at radius 3 is 2.70 bits per heavy atom. The van der Waals surface area contributed by atoms with Crippen LogP contribution in [0.4, 0.5) is 0 Å². The van der Waals surface area contributed by atoms with Crippen molar-refractivity contribution in [2.24, 2.45) is 0 Å². The van der Waals surface area contributed by atoms with Gasteiger partial charge in [-0.1, -0.05) is 6.92 Å². The van der Waals surface area contributed by atoms with Crippen molar-refractivity contribution in [2.75, 3.05) is 6.61 Å². The summed E-state index contributed by atoms with van der Waals surface area (Å²) in [6.45, 7) is 1.63. The van der Waals surface area contributed by atoms with Gasteiger partial charge in [0.25, 0.3) is 0 Å². The van der Waals surface area contributed by atoms with Gasteiger partial charge in [-0.2, -0.15) is 0 Å². The number of Topliss-reactive ketones (excluding diaryl/α,β-unsaturated/α-hetero) is 1. The van der Waals surface area contributed by atoms with E-state index in [-0.39, 0.29) is 12.4 Å². The predicted molar refractivity (Wildman–Crippen MR) is 37.1 cm³/mol. The van der Waals surface area contributed by atoms with Crippen molar-refractivity contribution in [2.45, 2.75) is 19.8 Å². The highest BCUT2D eigenvalue weighted by Gasteiger charge is 2.00. The molecule has 0 rings (SSSR count). The third-order valence-electron chi connectivity index (χ3n) is 0.885. The summed E-state index contributed by atoms with van der Waals surface area (Å²) in [5.74, 6) is -0.130. The lowest BCUT2D eigenvalue weighted by Gasteiger charge is -1.96. The Balaban J connectivity index is 3.30. The summed E-state index contributed by atoms with van der Waals surface area (Å²) in [5, 5.41) is 0. The van der Waals surface area contributed by atoms with Gasteiger partial charge in [-0.15, -0.1) is 0 Å². The summed E-state index contributed by atoms with van der Waals surface area (Å²) >= 11 is 0. The first-order valence-corrected chi connectivity index (χ1v) is 4.30. The van der Waals surface area contributed by atoms with Gasteiger partial charge >= 0.3 is 8.25 Å². The Morgan fingerprint density at radius 2 is 2.30 bits per heavy atom. The molecule has 1 atom stereocenters. The molecule has 60 valence electrons. The Hall–Kier alpha value is -0.180. The standard InChI is InChI=1S/C5H11O4P/c1-2-3-5(6)4-9-10(7)8/h10H,2-4H2,1H3,(H,7,8). The van der Waals surface area contributed by atoms with Crippen molar-refractivity contribution >= 4 is 14.0 Å². The quantitative estimate of drug-likeness (QED) is 0.612. The summed E-state index contributed by atoms with van der Waals surface area (Å²) in [4.78, 5) is 18.7. The first-order valence-electron chi connectivity index (χ1n) is 3.04. The molecular weight excluding hydrogens is 155 g/mol. The van der Waals surface area contributed by atoms with Gasteiger partial charge in [0.05, 0.1) is 0 Å². The highest BCUT2D eigenvalue weighted by Crippen LogP contribution is 2.13. The molecule has 0 fully saturated rings. The summed E-state index contributed by atoms with van der Waals surface area (Å²) in [5.41, 5.74) is 0. The zero-order valence-electron chi connectivity index (χ0n) is 5.79. The van der Waals surface area contributed by atoms with Crippen LogP contribution in [-0.2, 0) is 13.9 Å². The van der Waals surface area contributed by atoms with Crippen LogP contribution in [-0.4, -0.2) is 17.3 Å². The molecule has 1 unspecified atom stereocenters.